The highest BCUT2D eigenvalue weighted by molar-refractivity contribution is 5.17. The van der Waals surface area contributed by atoms with Gasteiger partial charge in [-0.25, -0.2) is 8.78 Å². The third-order valence-electron chi connectivity index (χ3n) is 2.78. The van der Waals surface area contributed by atoms with Crippen LogP contribution in [-0.2, 0) is 6.42 Å². The Hall–Kier alpha value is -0.960. The summed E-state index contributed by atoms with van der Waals surface area (Å²) in [5.74, 6) is -0.996. The summed E-state index contributed by atoms with van der Waals surface area (Å²) in [5, 5.41) is 3.37. The number of aryl methyl sites for hydroxylation is 1. The van der Waals surface area contributed by atoms with Crippen LogP contribution in [0.1, 0.15) is 32.8 Å². The lowest BCUT2D eigenvalue weighted by Crippen LogP contribution is -2.28. The molecule has 0 fully saturated rings. The molecule has 0 radical (unpaired) electrons. The number of benzene rings is 1. The molecule has 0 aliphatic heterocycles. The Morgan fingerprint density at radius 1 is 1.12 bits per heavy atom. The molecule has 0 spiro atoms. The number of nitrogens with one attached hydrogen (secondary N) is 1. The minimum Gasteiger partial charge on any atom is -0.314 e. The fourth-order valence-electron chi connectivity index (χ4n) is 1.65. The number of hydrogen-bond acceptors (Lipinski definition) is 1. The van der Waals surface area contributed by atoms with Gasteiger partial charge in [-0.05, 0) is 43.0 Å². The molecule has 0 bridgehead atoms. The van der Waals surface area contributed by atoms with Crippen molar-refractivity contribution in [1.29, 1.82) is 0 Å². The second kappa shape index (κ2) is 6.70. The Bertz CT molecular complexity index is 350. The van der Waals surface area contributed by atoms with Crippen LogP contribution in [0.15, 0.2) is 18.2 Å². The Morgan fingerprint density at radius 3 is 2.41 bits per heavy atom. The molecule has 0 saturated carbocycles. The van der Waals surface area contributed by atoms with Crippen molar-refractivity contribution < 1.29 is 8.78 Å². The molecule has 1 aromatic carbocycles. The highest BCUT2D eigenvalue weighted by Crippen LogP contribution is 2.13. The summed E-state index contributed by atoms with van der Waals surface area (Å²) >= 11 is 0. The maximum absolute atomic E-state index is 13.0. The van der Waals surface area contributed by atoms with Crippen molar-refractivity contribution in [2.75, 3.05) is 6.54 Å². The zero-order chi connectivity index (χ0) is 12.8. The Labute approximate surface area is 102 Å². The van der Waals surface area contributed by atoms with E-state index in [2.05, 4.69) is 26.1 Å². The van der Waals surface area contributed by atoms with E-state index in [0.717, 1.165) is 24.9 Å². The van der Waals surface area contributed by atoms with E-state index in [1.807, 2.05) is 0 Å². The molecule has 0 saturated heterocycles. The molecular formula is C14H21F2N. The maximum Gasteiger partial charge on any atom is 0.159 e. The van der Waals surface area contributed by atoms with Crippen LogP contribution in [0.5, 0.6) is 0 Å². The normalized spacial score (nSPS) is 13.1. The van der Waals surface area contributed by atoms with Gasteiger partial charge in [0.2, 0.25) is 0 Å². The third kappa shape index (κ3) is 5.26. The lowest BCUT2D eigenvalue weighted by molar-refractivity contribution is 0.452. The van der Waals surface area contributed by atoms with E-state index in [4.69, 9.17) is 0 Å². The van der Waals surface area contributed by atoms with Crippen molar-refractivity contribution in [3.05, 3.63) is 35.4 Å². The highest BCUT2D eigenvalue weighted by atomic mass is 19.2. The average Bonchev–Trinajstić information content (AvgIpc) is 2.28. The molecule has 17 heavy (non-hydrogen) atoms. The zero-order valence-electron chi connectivity index (χ0n) is 10.8. The third-order valence-corrected chi connectivity index (χ3v) is 2.78. The van der Waals surface area contributed by atoms with Gasteiger partial charge in [0.05, 0.1) is 0 Å². The summed E-state index contributed by atoms with van der Waals surface area (Å²) in [6, 6.07) is 4.63. The van der Waals surface area contributed by atoms with Crippen molar-refractivity contribution in [3.8, 4) is 0 Å². The first-order valence-corrected chi connectivity index (χ1v) is 6.16. The van der Waals surface area contributed by atoms with Crippen LogP contribution in [0.2, 0.25) is 0 Å². The lowest BCUT2D eigenvalue weighted by atomic mass is 10.0. The van der Waals surface area contributed by atoms with Gasteiger partial charge in [0, 0.05) is 6.04 Å². The number of hydrogen-bond donors (Lipinski definition) is 1. The molecule has 0 aromatic heterocycles. The second-order valence-electron chi connectivity index (χ2n) is 4.96. The van der Waals surface area contributed by atoms with Gasteiger partial charge in [-0.3, -0.25) is 0 Å². The van der Waals surface area contributed by atoms with Crippen molar-refractivity contribution in [1.82, 2.24) is 5.32 Å². The topological polar surface area (TPSA) is 12.0 Å². The van der Waals surface area contributed by atoms with Gasteiger partial charge in [0.25, 0.3) is 0 Å². The summed E-state index contributed by atoms with van der Waals surface area (Å²) in [4.78, 5) is 0. The van der Waals surface area contributed by atoms with Gasteiger partial charge in [-0.1, -0.05) is 26.8 Å². The molecule has 0 aliphatic rings. The highest BCUT2D eigenvalue weighted by Gasteiger charge is 2.06. The first-order chi connectivity index (χ1) is 7.99. The molecule has 1 rings (SSSR count). The van der Waals surface area contributed by atoms with Crippen LogP contribution in [0, 0.1) is 17.6 Å². The maximum atomic E-state index is 13.0. The van der Waals surface area contributed by atoms with Gasteiger partial charge < -0.3 is 5.32 Å². The Balaban J connectivity index is 2.36. The Morgan fingerprint density at radius 2 is 1.82 bits per heavy atom. The predicted octanol–water partition coefficient (Wildman–Crippen LogP) is 3.53. The summed E-state index contributed by atoms with van der Waals surface area (Å²) < 4.78 is 25.7. The van der Waals surface area contributed by atoms with Crippen LogP contribution < -0.4 is 5.32 Å². The van der Waals surface area contributed by atoms with E-state index in [9.17, 15) is 8.78 Å². The van der Waals surface area contributed by atoms with E-state index >= 15 is 0 Å². The molecule has 3 heteroatoms. The molecule has 1 N–H and O–H groups in total. The molecule has 0 amide bonds. The minimum absolute atomic E-state index is 0.487. The Kier molecular flexibility index (Phi) is 5.56. The minimum atomic E-state index is -0.775. The van der Waals surface area contributed by atoms with Gasteiger partial charge in [-0.2, -0.15) is 0 Å². The molecule has 1 unspecified atom stereocenters. The molecule has 1 atom stereocenters. The fraction of sp³-hybridized carbons (Fsp3) is 0.571. The fourth-order valence-corrected chi connectivity index (χ4v) is 1.65. The first kappa shape index (κ1) is 14.1. The number of halogens is 2. The molecule has 1 aromatic rings. The largest absolute Gasteiger partial charge is 0.314 e. The van der Waals surface area contributed by atoms with Gasteiger partial charge >= 0.3 is 0 Å². The quantitative estimate of drug-likeness (QED) is 0.803. The number of rotatable bonds is 6. The lowest BCUT2D eigenvalue weighted by Gasteiger charge is -2.14. The zero-order valence-corrected chi connectivity index (χ0v) is 10.8. The van der Waals surface area contributed by atoms with E-state index in [1.54, 1.807) is 6.07 Å². The van der Waals surface area contributed by atoms with E-state index in [1.165, 1.54) is 12.1 Å². The SMILES string of the molecule is CC(CCc1ccc(F)c(F)c1)CNC(C)C. The predicted molar refractivity (Wildman–Crippen MR) is 67.0 cm³/mol. The van der Waals surface area contributed by atoms with Gasteiger partial charge in [-0.15, -0.1) is 0 Å². The summed E-state index contributed by atoms with van der Waals surface area (Å²) in [7, 11) is 0. The van der Waals surface area contributed by atoms with E-state index < -0.39 is 11.6 Å². The van der Waals surface area contributed by atoms with Crippen molar-refractivity contribution in [3.63, 3.8) is 0 Å². The molecule has 0 aliphatic carbocycles. The van der Waals surface area contributed by atoms with Crippen LogP contribution in [0.3, 0.4) is 0 Å². The molecule has 1 nitrogen and oxygen atoms in total. The van der Waals surface area contributed by atoms with Crippen LogP contribution in [0.25, 0.3) is 0 Å². The van der Waals surface area contributed by atoms with Crippen LogP contribution >= 0.6 is 0 Å². The summed E-state index contributed by atoms with van der Waals surface area (Å²) in [6.45, 7) is 7.35. The van der Waals surface area contributed by atoms with Crippen molar-refractivity contribution >= 4 is 0 Å². The van der Waals surface area contributed by atoms with Gasteiger partial charge in [0.1, 0.15) is 0 Å². The monoisotopic (exact) mass is 241 g/mol. The molecule has 96 valence electrons. The van der Waals surface area contributed by atoms with Gasteiger partial charge in [0.15, 0.2) is 11.6 Å². The summed E-state index contributed by atoms with van der Waals surface area (Å²) in [5.41, 5.74) is 0.861. The average molecular weight is 241 g/mol. The van der Waals surface area contributed by atoms with Crippen LogP contribution in [0.4, 0.5) is 8.78 Å². The smallest absolute Gasteiger partial charge is 0.159 e. The molecule has 0 heterocycles. The van der Waals surface area contributed by atoms with Crippen LogP contribution in [-0.4, -0.2) is 12.6 Å². The molecular weight excluding hydrogens is 220 g/mol. The van der Waals surface area contributed by atoms with E-state index in [0.29, 0.717) is 12.0 Å². The standard InChI is InChI=1S/C14H21F2N/c1-10(2)17-9-11(3)4-5-12-6-7-13(15)14(16)8-12/h6-8,10-11,17H,4-5,9H2,1-3H3. The second-order valence-corrected chi connectivity index (χ2v) is 4.96. The summed E-state index contributed by atoms with van der Waals surface area (Å²) in [6.07, 6.45) is 1.77. The van der Waals surface area contributed by atoms with Crippen molar-refractivity contribution in [2.45, 2.75) is 39.7 Å². The van der Waals surface area contributed by atoms with E-state index in [-0.39, 0.29) is 0 Å². The van der Waals surface area contributed by atoms with Crippen molar-refractivity contribution in [2.24, 2.45) is 5.92 Å². The first-order valence-electron chi connectivity index (χ1n) is 6.16.